The first-order valence-corrected chi connectivity index (χ1v) is 8.77. The average molecular weight is 355 g/mol. The lowest BCUT2D eigenvalue weighted by Gasteiger charge is -2.44. The number of aliphatic carboxylic acids is 1. The molecule has 2 saturated heterocycles. The van der Waals surface area contributed by atoms with Crippen LogP contribution in [0.4, 0.5) is 4.79 Å². The molecule has 0 radical (unpaired) electrons. The Balaban J connectivity index is 2.04. The number of carbonyl (C=O) groups is 3. The van der Waals surface area contributed by atoms with E-state index in [1.54, 1.807) is 32.6 Å². The van der Waals surface area contributed by atoms with Crippen molar-refractivity contribution < 1.29 is 24.2 Å². The molecule has 2 heterocycles. The fourth-order valence-corrected chi connectivity index (χ4v) is 3.39. The highest BCUT2D eigenvalue weighted by Crippen LogP contribution is 2.24. The monoisotopic (exact) mass is 355 g/mol. The molecule has 0 aliphatic carbocycles. The molecule has 2 aliphatic heterocycles. The van der Waals surface area contributed by atoms with Crippen molar-refractivity contribution >= 4 is 18.0 Å². The van der Waals surface area contributed by atoms with E-state index < -0.39 is 23.6 Å². The van der Waals surface area contributed by atoms with E-state index in [4.69, 9.17) is 4.74 Å². The molecule has 2 amide bonds. The number of likely N-dealkylation sites (tertiary alicyclic amines) is 1. The maximum absolute atomic E-state index is 12.4. The summed E-state index contributed by atoms with van der Waals surface area (Å²) in [7, 11) is 0. The number of hydrogen-bond acceptors (Lipinski definition) is 5. The highest BCUT2D eigenvalue weighted by molar-refractivity contribution is 5.74. The summed E-state index contributed by atoms with van der Waals surface area (Å²) in [6.45, 7) is 10.2. The Kier molecular flexibility index (Phi) is 5.92. The highest BCUT2D eigenvalue weighted by atomic mass is 16.6. The minimum atomic E-state index is -0.888. The number of piperidine rings is 1. The van der Waals surface area contributed by atoms with Gasteiger partial charge in [-0.1, -0.05) is 0 Å². The van der Waals surface area contributed by atoms with E-state index >= 15 is 0 Å². The van der Waals surface area contributed by atoms with Crippen molar-refractivity contribution in [1.29, 1.82) is 0 Å². The van der Waals surface area contributed by atoms with Gasteiger partial charge in [0.25, 0.3) is 0 Å². The molecule has 2 fully saturated rings. The van der Waals surface area contributed by atoms with Gasteiger partial charge >= 0.3 is 12.1 Å². The van der Waals surface area contributed by atoms with Crippen LogP contribution >= 0.6 is 0 Å². The van der Waals surface area contributed by atoms with Crippen LogP contribution in [-0.4, -0.2) is 88.7 Å². The first kappa shape index (κ1) is 19.5. The van der Waals surface area contributed by atoms with Crippen LogP contribution in [0.3, 0.4) is 0 Å². The summed E-state index contributed by atoms with van der Waals surface area (Å²) in [5.74, 6) is -1.43. The maximum Gasteiger partial charge on any atom is 0.410 e. The maximum atomic E-state index is 12.4. The zero-order valence-electron chi connectivity index (χ0n) is 15.5. The largest absolute Gasteiger partial charge is 0.481 e. The molecule has 2 aliphatic rings. The Morgan fingerprint density at radius 2 is 1.60 bits per heavy atom. The lowest BCUT2D eigenvalue weighted by Crippen LogP contribution is -2.59. The smallest absolute Gasteiger partial charge is 0.410 e. The molecule has 8 nitrogen and oxygen atoms in total. The molecule has 0 bridgehead atoms. The second kappa shape index (κ2) is 7.59. The van der Waals surface area contributed by atoms with E-state index in [0.717, 1.165) is 0 Å². The van der Waals surface area contributed by atoms with Crippen molar-refractivity contribution in [3.8, 4) is 0 Å². The summed E-state index contributed by atoms with van der Waals surface area (Å²) >= 11 is 0. The van der Waals surface area contributed by atoms with Gasteiger partial charge in [0.05, 0.1) is 5.92 Å². The fourth-order valence-electron chi connectivity index (χ4n) is 3.39. The predicted molar refractivity (Wildman–Crippen MR) is 91.2 cm³/mol. The van der Waals surface area contributed by atoms with Gasteiger partial charge in [-0.05, 0) is 27.2 Å². The molecule has 0 aromatic rings. The lowest BCUT2D eigenvalue weighted by atomic mass is 9.93. The van der Waals surface area contributed by atoms with Crippen molar-refractivity contribution in [3.05, 3.63) is 0 Å². The molecule has 0 aromatic carbocycles. The van der Waals surface area contributed by atoms with E-state index in [0.29, 0.717) is 39.1 Å². The number of nitrogens with zero attached hydrogens (tertiary/aromatic N) is 3. The number of ether oxygens (including phenoxy) is 1. The summed E-state index contributed by atoms with van der Waals surface area (Å²) in [6.07, 6.45) is 0.0418. The first-order valence-electron chi connectivity index (χ1n) is 8.77. The zero-order valence-corrected chi connectivity index (χ0v) is 15.5. The number of amides is 2. The van der Waals surface area contributed by atoms with Crippen molar-refractivity contribution in [2.24, 2.45) is 5.92 Å². The van der Waals surface area contributed by atoms with Gasteiger partial charge in [0.2, 0.25) is 5.91 Å². The number of carboxylic acids is 1. The first-order chi connectivity index (χ1) is 11.6. The van der Waals surface area contributed by atoms with Crippen molar-refractivity contribution in [3.63, 3.8) is 0 Å². The van der Waals surface area contributed by atoms with Crippen LogP contribution in [0.15, 0.2) is 0 Å². The molecule has 2 rings (SSSR count). The molecule has 0 unspecified atom stereocenters. The van der Waals surface area contributed by atoms with Crippen LogP contribution in [0.1, 0.15) is 34.1 Å². The highest BCUT2D eigenvalue weighted by Gasteiger charge is 2.38. The van der Waals surface area contributed by atoms with Crippen molar-refractivity contribution in [2.75, 3.05) is 39.3 Å². The number of hydrogen-bond donors (Lipinski definition) is 1. The van der Waals surface area contributed by atoms with Crippen molar-refractivity contribution in [2.45, 2.75) is 45.8 Å². The number of carboxylic acid groups (broad SMARTS) is 1. The van der Waals surface area contributed by atoms with Gasteiger partial charge in [-0.2, -0.15) is 0 Å². The average Bonchev–Trinajstić information content (AvgIpc) is 2.52. The minimum Gasteiger partial charge on any atom is -0.481 e. The van der Waals surface area contributed by atoms with Crippen LogP contribution in [0.25, 0.3) is 0 Å². The molecule has 0 spiro atoms. The third-order valence-electron chi connectivity index (χ3n) is 4.71. The Bertz CT molecular complexity index is 523. The summed E-state index contributed by atoms with van der Waals surface area (Å²) in [6, 6.07) is -0.0310. The molecule has 25 heavy (non-hydrogen) atoms. The van der Waals surface area contributed by atoms with Gasteiger partial charge in [-0.25, -0.2) is 4.79 Å². The van der Waals surface area contributed by atoms with Crippen LogP contribution in [0.2, 0.25) is 0 Å². The van der Waals surface area contributed by atoms with Crippen LogP contribution in [0.5, 0.6) is 0 Å². The summed E-state index contributed by atoms with van der Waals surface area (Å²) < 4.78 is 5.41. The molecule has 8 heteroatoms. The Morgan fingerprint density at radius 3 is 2.08 bits per heavy atom. The topological polar surface area (TPSA) is 90.4 Å². The molecular formula is C17H29N3O5. The number of carbonyl (C=O) groups excluding carboxylic acids is 2. The van der Waals surface area contributed by atoms with E-state index in [1.165, 1.54) is 4.90 Å². The molecule has 2 atom stereocenters. The summed E-state index contributed by atoms with van der Waals surface area (Å²) in [5.41, 5.74) is -0.615. The van der Waals surface area contributed by atoms with E-state index in [-0.39, 0.29) is 18.5 Å². The Labute approximate surface area is 148 Å². The van der Waals surface area contributed by atoms with Crippen LogP contribution < -0.4 is 0 Å². The number of rotatable bonds is 2. The van der Waals surface area contributed by atoms with Gasteiger partial charge in [-0.15, -0.1) is 0 Å². The molecular weight excluding hydrogens is 326 g/mol. The van der Waals surface area contributed by atoms with Crippen LogP contribution in [0, 0.1) is 5.92 Å². The molecule has 1 N–H and O–H groups in total. The zero-order chi connectivity index (χ0) is 18.8. The van der Waals surface area contributed by atoms with Gasteiger partial charge in [0, 0.05) is 52.2 Å². The summed E-state index contributed by atoms with van der Waals surface area (Å²) in [4.78, 5) is 40.9. The minimum absolute atomic E-state index is 0.0310. The molecule has 0 saturated carbocycles. The second-order valence-electron chi connectivity index (χ2n) is 7.85. The van der Waals surface area contributed by atoms with Gasteiger partial charge in [-0.3, -0.25) is 14.5 Å². The Hall–Kier alpha value is -1.83. The lowest BCUT2D eigenvalue weighted by molar-refractivity contribution is -0.144. The second-order valence-corrected chi connectivity index (χ2v) is 7.85. The van der Waals surface area contributed by atoms with Crippen molar-refractivity contribution in [1.82, 2.24) is 14.7 Å². The predicted octanol–water partition coefficient (Wildman–Crippen LogP) is 0.861. The fraction of sp³-hybridized carbons (Fsp3) is 0.824. The van der Waals surface area contributed by atoms with Crippen LogP contribution in [-0.2, 0) is 14.3 Å². The SMILES string of the molecule is CC(=O)N1CCN([C@@H]2C[C@@H](C(=O)O)CN(C(=O)OC(C)(C)C)C2)CC1. The van der Waals surface area contributed by atoms with E-state index in [1.807, 2.05) is 0 Å². The quantitative estimate of drug-likeness (QED) is 0.790. The van der Waals surface area contributed by atoms with E-state index in [9.17, 15) is 19.5 Å². The van der Waals surface area contributed by atoms with E-state index in [2.05, 4.69) is 4.90 Å². The van der Waals surface area contributed by atoms with Gasteiger partial charge in [0.1, 0.15) is 5.60 Å². The third-order valence-corrected chi connectivity index (χ3v) is 4.71. The summed E-state index contributed by atoms with van der Waals surface area (Å²) in [5, 5.41) is 9.45. The molecule has 0 aromatic heterocycles. The van der Waals surface area contributed by atoms with Gasteiger partial charge < -0.3 is 19.6 Å². The standard InChI is InChI=1S/C17H29N3O5/c1-12(21)18-5-7-19(8-6-18)14-9-13(15(22)23)10-20(11-14)16(24)25-17(2,3)4/h13-14H,5-11H2,1-4H3,(H,22,23)/t13-,14-/m1/s1. The number of piperazine rings is 1. The third kappa shape index (κ3) is 5.32. The molecule has 142 valence electrons. The Morgan fingerprint density at radius 1 is 1.00 bits per heavy atom. The normalized spacial score (nSPS) is 25.6. The van der Waals surface area contributed by atoms with Gasteiger partial charge in [0.15, 0.2) is 0 Å².